The Morgan fingerprint density at radius 3 is 2.41 bits per heavy atom. The minimum absolute atomic E-state index is 0.117. The third-order valence-corrected chi connectivity index (χ3v) is 4.13. The average molecular weight is 372 g/mol. The van der Waals surface area contributed by atoms with Gasteiger partial charge in [-0.05, 0) is 37.6 Å². The molecule has 2 amide bonds. The molecule has 1 aromatic carbocycles. The second-order valence-corrected chi connectivity index (χ2v) is 7.67. The molecule has 2 N–H and O–H groups in total. The smallest absolute Gasteiger partial charge is 0.251 e. The SMILES string of the molecule is CCC(C)NC(=O)c1ccc(NC(=O)CCc2nc(C(C)(C)C)no2)cc1. The molecule has 1 aromatic heterocycles. The number of carbonyl (C=O) groups is 2. The van der Waals surface area contributed by atoms with Crippen LogP contribution in [0.1, 0.15) is 69.5 Å². The van der Waals surface area contributed by atoms with Crippen molar-refractivity contribution in [3.05, 3.63) is 41.5 Å². The monoisotopic (exact) mass is 372 g/mol. The number of anilines is 1. The summed E-state index contributed by atoms with van der Waals surface area (Å²) >= 11 is 0. The van der Waals surface area contributed by atoms with E-state index in [2.05, 4.69) is 20.8 Å². The number of rotatable bonds is 7. The summed E-state index contributed by atoms with van der Waals surface area (Å²) in [6.45, 7) is 9.98. The Morgan fingerprint density at radius 1 is 1.19 bits per heavy atom. The van der Waals surface area contributed by atoms with Gasteiger partial charge >= 0.3 is 0 Å². The number of carbonyl (C=O) groups excluding carboxylic acids is 2. The first-order valence-electron chi connectivity index (χ1n) is 9.23. The highest BCUT2D eigenvalue weighted by atomic mass is 16.5. The molecule has 2 rings (SSSR count). The lowest BCUT2D eigenvalue weighted by molar-refractivity contribution is -0.116. The predicted octanol–water partition coefficient (Wildman–Crippen LogP) is 3.47. The highest BCUT2D eigenvalue weighted by Crippen LogP contribution is 2.19. The first-order valence-corrected chi connectivity index (χ1v) is 9.23. The van der Waals surface area contributed by atoms with E-state index in [9.17, 15) is 9.59 Å². The molecule has 0 aliphatic rings. The van der Waals surface area contributed by atoms with Gasteiger partial charge in [-0.15, -0.1) is 0 Å². The summed E-state index contributed by atoms with van der Waals surface area (Å²) in [7, 11) is 0. The lowest BCUT2D eigenvalue weighted by Gasteiger charge is -2.11. The van der Waals surface area contributed by atoms with Crippen LogP contribution >= 0.6 is 0 Å². The van der Waals surface area contributed by atoms with Crippen molar-refractivity contribution in [2.75, 3.05) is 5.32 Å². The Morgan fingerprint density at radius 2 is 1.85 bits per heavy atom. The molecule has 0 fully saturated rings. The minimum Gasteiger partial charge on any atom is -0.350 e. The summed E-state index contributed by atoms with van der Waals surface area (Å²) in [5.74, 6) is 0.812. The quantitative estimate of drug-likeness (QED) is 0.776. The molecule has 7 heteroatoms. The zero-order valence-electron chi connectivity index (χ0n) is 16.6. The van der Waals surface area contributed by atoms with Gasteiger partial charge in [-0.25, -0.2) is 0 Å². The molecule has 0 aliphatic carbocycles. The Balaban J connectivity index is 1.85. The van der Waals surface area contributed by atoms with Crippen LogP contribution in [-0.2, 0) is 16.6 Å². The van der Waals surface area contributed by atoms with E-state index < -0.39 is 0 Å². The largest absolute Gasteiger partial charge is 0.350 e. The average Bonchev–Trinajstić information content (AvgIpc) is 3.10. The van der Waals surface area contributed by atoms with Gasteiger partial charge in [-0.3, -0.25) is 9.59 Å². The van der Waals surface area contributed by atoms with Crippen molar-refractivity contribution in [2.24, 2.45) is 0 Å². The number of hydrogen-bond donors (Lipinski definition) is 2. The number of benzene rings is 1. The Labute approximate surface area is 159 Å². The summed E-state index contributed by atoms with van der Waals surface area (Å²) in [5.41, 5.74) is 1.02. The van der Waals surface area contributed by atoms with E-state index in [1.54, 1.807) is 24.3 Å². The molecule has 2 aromatic rings. The number of aromatic nitrogens is 2. The van der Waals surface area contributed by atoms with Crippen molar-refractivity contribution >= 4 is 17.5 Å². The van der Waals surface area contributed by atoms with Crippen LogP contribution in [0.3, 0.4) is 0 Å². The summed E-state index contributed by atoms with van der Waals surface area (Å²) in [4.78, 5) is 28.5. The van der Waals surface area contributed by atoms with Crippen molar-refractivity contribution in [3.8, 4) is 0 Å². The zero-order chi connectivity index (χ0) is 20.0. The normalized spacial score (nSPS) is 12.5. The van der Waals surface area contributed by atoms with Gasteiger partial charge in [0.05, 0.1) is 0 Å². The number of hydrogen-bond acceptors (Lipinski definition) is 5. The minimum atomic E-state index is -0.188. The third kappa shape index (κ3) is 6.20. The summed E-state index contributed by atoms with van der Waals surface area (Å²) < 4.78 is 5.19. The van der Waals surface area contributed by atoms with Gasteiger partial charge in [-0.2, -0.15) is 4.98 Å². The van der Waals surface area contributed by atoms with E-state index >= 15 is 0 Å². The second-order valence-electron chi connectivity index (χ2n) is 7.67. The van der Waals surface area contributed by atoms with Gasteiger partial charge in [0.2, 0.25) is 11.8 Å². The van der Waals surface area contributed by atoms with E-state index in [1.165, 1.54) is 0 Å². The molecular formula is C20H28N4O3. The molecule has 0 saturated carbocycles. The van der Waals surface area contributed by atoms with E-state index in [0.29, 0.717) is 29.4 Å². The molecule has 0 radical (unpaired) electrons. The topological polar surface area (TPSA) is 97.1 Å². The molecular weight excluding hydrogens is 344 g/mol. The third-order valence-electron chi connectivity index (χ3n) is 4.13. The van der Waals surface area contributed by atoms with Gasteiger partial charge in [-0.1, -0.05) is 32.9 Å². The number of nitrogens with zero attached hydrogens (tertiary/aromatic N) is 2. The highest BCUT2D eigenvalue weighted by molar-refractivity contribution is 5.95. The molecule has 7 nitrogen and oxygen atoms in total. The zero-order valence-corrected chi connectivity index (χ0v) is 16.6. The van der Waals surface area contributed by atoms with Crippen molar-refractivity contribution in [3.63, 3.8) is 0 Å². The molecule has 146 valence electrons. The Bertz CT molecular complexity index is 775. The predicted molar refractivity (Wildman–Crippen MR) is 104 cm³/mol. The Hall–Kier alpha value is -2.70. The van der Waals surface area contributed by atoms with Crippen LogP contribution < -0.4 is 10.6 Å². The fourth-order valence-corrected chi connectivity index (χ4v) is 2.22. The first-order chi connectivity index (χ1) is 12.7. The molecule has 0 aliphatic heterocycles. The molecule has 0 saturated heterocycles. The van der Waals surface area contributed by atoms with Crippen molar-refractivity contribution < 1.29 is 14.1 Å². The van der Waals surface area contributed by atoms with Crippen LogP contribution in [0.4, 0.5) is 5.69 Å². The highest BCUT2D eigenvalue weighted by Gasteiger charge is 2.21. The van der Waals surface area contributed by atoms with Crippen LogP contribution in [-0.4, -0.2) is 28.0 Å². The standard InChI is InChI=1S/C20H28N4O3/c1-6-13(2)21-18(26)14-7-9-15(10-8-14)22-16(25)11-12-17-23-19(24-27-17)20(3,4)5/h7-10,13H,6,11-12H2,1-5H3,(H,21,26)(H,22,25). The maximum atomic E-state index is 12.1. The lowest BCUT2D eigenvalue weighted by atomic mass is 9.96. The number of amides is 2. The van der Waals surface area contributed by atoms with E-state index in [4.69, 9.17) is 4.52 Å². The van der Waals surface area contributed by atoms with Gasteiger partial charge < -0.3 is 15.2 Å². The summed E-state index contributed by atoms with van der Waals surface area (Å²) in [5, 5.41) is 9.66. The molecule has 0 spiro atoms. The van der Waals surface area contributed by atoms with Crippen LogP contribution in [0.2, 0.25) is 0 Å². The van der Waals surface area contributed by atoms with Crippen LogP contribution in [0.25, 0.3) is 0 Å². The maximum absolute atomic E-state index is 12.1. The van der Waals surface area contributed by atoms with Crippen molar-refractivity contribution in [1.82, 2.24) is 15.5 Å². The van der Waals surface area contributed by atoms with Crippen LogP contribution in [0.5, 0.6) is 0 Å². The van der Waals surface area contributed by atoms with Gasteiger partial charge in [0, 0.05) is 35.5 Å². The number of nitrogens with one attached hydrogen (secondary N) is 2. The second kappa shape index (κ2) is 8.79. The van der Waals surface area contributed by atoms with Crippen LogP contribution in [0.15, 0.2) is 28.8 Å². The lowest BCUT2D eigenvalue weighted by Crippen LogP contribution is -2.31. The summed E-state index contributed by atoms with van der Waals surface area (Å²) in [6.07, 6.45) is 1.49. The van der Waals surface area contributed by atoms with Crippen molar-refractivity contribution in [2.45, 2.75) is 65.3 Å². The van der Waals surface area contributed by atoms with Crippen molar-refractivity contribution in [1.29, 1.82) is 0 Å². The molecule has 27 heavy (non-hydrogen) atoms. The molecule has 0 bridgehead atoms. The van der Waals surface area contributed by atoms with Gasteiger partial charge in [0.1, 0.15) is 0 Å². The number of aryl methyl sites for hydroxylation is 1. The molecule has 1 heterocycles. The van der Waals surface area contributed by atoms with E-state index in [0.717, 1.165) is 6.42 Å². The van der Waals surface area contributed by atoms with E-state index in [1.807, 2.05) is 34.6 Å². The molecule has 1 unspecified atom stereocenters. The van der Waals surface area contributed by atoms with Gasteiger partial charge in [0.15, 0.2) is 5.82 Å². The fraction of sp³-hybridized carbons (Fsp3) is 0.500. The van der Waals surface area contributed by atoms with E-state index in [-0.39, 0.29) is 29.7 Å². The van der Waals surface area contributed by atoms with Gasteiger partial charge in [0.25, 0.3) is 5.91 Å². The summed E-state index contributed by atoms with van der Waals surface area (Å²) in [6, 6.07) is 6.95. The van der Waals surface area contributed by atoms with Crippen LogP contribution in [0, 0.1) is 0 Å². The Kier molecular flexibility index (Phi) is 6.71. The molecule has 1 atom stereocenters. The fourth-order valence-electron chi connectivity index (χ4n) is 2.22. The maximum Gasteiger partial charge on any atom is 0.251 e. The first kappa shape index (κ1) is 20.6.